The highest BCUT2D eigenvalue weighted by Gasteiger charge is 2.06. The highest BCUT2D eigenvalue weighted by Crippen LogP contribution is 2.16. The molecule has 1 aromatic carbocycles. The largest absolute Gasteiger partial charge is 0.374 e. The first kappa shape index (κ1) is 9.98. The van der Waals surface area contributed by atoms with Gasteiger partial charge in [-0.15, -0.1) is 15.3 Å². The van der Waals surface area contributed by atoms with E-state index in [9.17, 15) is 0 Å². The molecule has 0 aliphatic carbocycles. The molecule has 0 spiro atoms. The fraction of sp³-hybridized carbons (Fsp3) is 0. The highest BCUT2D eigenvalue weighted by molar-refractivity contribution is 7.20. The number of benzene rings is 1. The molecule has 17 heavy (non-hydrogen) atoms. The van der Waals surface area contributed by atoms with Crippen molar-refractivity contribution in [3.8, 4) is 0 Å². The topological polar surface area (TPSA) is 69.1 Å². The summed E-state index contributed by atoms with van der Waals surface area (Å²) in [6.07, 6.45) is 3.83. The lowest BCUT2D eigenvalue weighted by atomic mass is 10.2. The Bertz CT molecular complexity index is 668. The van der Waals surface area contributed by atoms with Gasteiger partial charge in [-0.25, -0.2) is 0 Å². The number of rotatable bonds is 2. The molecule has 0 bridgehead atoms. The Morgan fingerprint density at radius 2 is 1.94 bits per heavy atom. The van der Waals surface area contributed by atoms with Gasteiger partial charge in [0.25, 0.3) is 0 Å². The molecule has 0 saturated heterocycles. The Balaban J connectivity index is 1.97. The van der Waals surface area contributed by atoms with E-state index in [1.165, 1.54) is 11.3 Å². The van der Waals surface area contributed by atoms with Crippen molar-refractivity contribution < 1.29 is 0 Å². The number of hydrogen-bond donors (Lipinski definition) is 1. The highest BCUT2D eigenvalue weighted by atomic mass is 32.1. The van der Waals surface area contributed by atoms with Crippen LogP contribution in [0.15, 0.2) is 30.3 Å². The fourth-order valence-electron chi connectivity index (χ4n) is 1.49. The summed E-state index contributed by atoms with van der Waals surface area (Å²) in [5, 5.41) is 12.6. The molecule has 0 amide bonds. The summed E-state index contributed by atoms with van der Waals surface area (Å²) >= 11 is 1.32. The number of nitrogens with zero attached hydrogens (tertiary/aromatic N) is 4. The molecule has 5 nitrogen and oxygen atoms in total. The van der Waals surface area contributed by atoms with Gasteiger partial charge in [0.15, 0.2) is 5.82 Å². The van der Waals surface area contributed by atoms with E-state index in [0.29, 0.717) is 15.9 Å². The van der Waals surface area contributed by atoms with Gasteiger partial charge >= 0.3 is 0 Å². The summed E-state index contributed by atoms with van der Waals surface area (Å²) in [6, 6.07) is 9.99. The summed E-state index contributed by atoms with van der Waals surface area (Å²) in [5.41, 5.74) is 6.71. The molecular weight excluding hydrogens is 234 g/mol. The number of anilines is 1. The predicted octanol–water partition coefficient (Wildman–Crippen LogP) is 1.94. The molecule has 2 N–H and O–H groups in total. The summed E-state index contributed by atoms with van der Waals surface area (Å²) in [7, 11) is 0. The monoisotopic (exact) mass is 243 g/mol. The van der Waals surface area contributed by atoms with E-state index in [1.807, 2.05) is 42.5 Å². The lowest BCUT2D eigenvalue weighted by Gasteiger charge is -1.90. The fourth-order valence-corrected chi connectivity index (χ4v) is 2.10. The van der Waals surface area contributed by atoms with E-state index in [-0.39, 0.29) is 0 Å². The maximum Gasteiger partial charge on any atom is 0.236 e. The Labute approximate surface area is 101 Å². The van der Waals surface area contributed by atoms with Crippen molar-refractivity contribution >= 4 is 33.6 Å². The summed E-state index contributed by atoms with van der Waals surface area (Å²) < 4.78 is 1.64. The van der Waals surface area contributed by atoms with Gasteiger partial charge < -0.3 is 5.73 Å². The molecule has 0 unspecified atom stereocenters. The van der Waals surface area contributed by atoms with Gasteiger partial charge in [0, 0.05) is 0 Å². The number of fused-ring (bicyclic) bond motifs is 1. The van der Waals surface area contributed by atoms with Crippen molar-refractivity contribution in [1.82, 2.24) is 19.8 Å². The number of nitrogen functional groups attached to an aromatic ring is 1. The summed E-state index contributed by atoms with van der Waals surface area (Å²) in [5.74, 6) is 0.678. The zero-order chi connectivity index (χ0) is 11.7. The Hall–Kier alpha value is -2.21. The lowest BCUT2D eigenvalue weighted by Crippen LogP contribution is -1.91. The van der Waals surface area contributed by atoms with Gasteiger partial charge in [-0.05, 0) is 11.6 Å². The zero-order valence-corrected chi connectivity index (χ0v) is 9.63. The number of aromatic nitrogens is 4. The van der Waals surface area contributed by atoms with Crippen molar-refractivity contribution in [2.75, 3.05) is 5.73 Å². The van der Waals surface area contributed by atoms with E-state index in [4.69, 9.17) is 5.73 Å². The van der Waals surface area contributed by atoms with Crippen LogP contribution in [0.5, 0.6) is 0 Å². The van der Waals surface area contributed by atoms with Crippen LogP contribution in [-0.2, 0) is 0 Å². The molecule has 0 fully saturated rings. The van der Waals surface area contributed by atoms with Gasteiger partial charge in [-0.2, -0.15) is 4.52 Å². The Morgan fingerprint density at radius 3 is 2.76 bits per heavy atom. The Kier molecular flexibility index (Phi) is 2.34. The molecule has 0 radical (unpaired) electrons. The van der Waals surface area contributed by atoms with Gasteiger partial charge in [0.1, 0.15) is 0 Å². The molecule has 0 aliphatic heterocycles. The van der Waals surface area contributed by atoms with E-state index in [0.717, 1.165) is 5.56 Å². The molecule has 0 aliphatic rings. The van der Waals surface area contributed by atoms with Crippen LogP contribution in [0.25, 0.3) is 17.1 Å². The van der Waals surface area contributed by atoms with Crippen molar-refractivity contribution in [1.29, 1.82) is 0 Å². The molecule has 2 aromatic heterocycles. The van der Waals surface area contributed by atoms with Crippen molar-refractivity contribution in [3.63, 3.8) is 0 Å². The molecule has 2 heterocycles. The number of hydrogen-bond acceptors (Lipinski definition) is 5. The van der Waals surface area contributed by atoms with E-state index >= 15 is 0 Å². The molecule has 3 aromatic rings. The minimum absolute atomic E-state index is 0.490. The van der Waals surface area contributed by atoms with Crippen molar-refractivity contribution in [2.24, 2.45) is 0 Å². The standard InChI is InChI=1S/C11H9N5S/c12-10-15-16-9(13-14-11(16)17-10)7-6-8-4-2-1-3-5-8/h1-7H,(H2,12,15)/b7-6+. The van der Waals surface area contributed by atoms with Crippen LogP contribution in [-0.4, -0.2) is 19.8 Å². The molecular formula is C11H9N5S. The Morgan fingerprint density at radius 1 is 1.12 bits per heavy atom. The van der Waals surface area contributed by atoms with Crippen LogP contribution < -0.4 is 5.73 Å². The van der Waals surface area contributed by atoms with Crippen LogP contribution in [0.1, 0.15) is 11.4 Å². The summed E-state index contributed by atoms with van der Waals surface area (Å²) in [6.45, 7) is 0. The van der Waals surface area contributed by atoms with E-state index < -0.39 is 0 Å². The average molecular weight is 243 g/mol. The third-order valence-electron chi connectivity index (χ3n) is 2.26. The molecule has 0 saturated carbocycles. The number of nitrogens with two attached hydrogens (primary N) is 1. The zero-order valence-electron chi connectivity index (χ0n) is 8.82. The smallest absolute Gasteiger partial charge is 0.236 e. The SMILES string of the molecule is Nc1nn2c(/C=C/c3ccccc3)nnc2s1. The van der Waals surface area contributed by atoms with Crippen LogP contribution in [0, 0.1) is 0 Å². The first-order valence-corrected chi connectivity index (χ1v) is 5.85. The van der Waals surface area contributed by atoms with Crippen molar-refractivity contribution in [2.45, 2.75) is 0 Å². The van der Waals surface area contributed by atoms with Crippen molar-refractivity contribution in [3.05, 3.63) is 41.7 Å². The predicted molar refractivity (Wildman–Crippen MR) is 68.4 cm³/mol. The third kappa shape index (κ3) is 1.90. The maximum absolute atomic E-state index is 5.61. The van der Waals surface area contributed by atoms with Crippen LogP contribution in [0.2, 0.25) is 0 Å². The van der Waals surface area contributed by atoms with Gasteiger partial charge in [0.05, 0.1) is 0 Å². The second kappa shape index (κ2) is 3.99. The molecule has 6 heteroatoms. The summed E-state index contributed by atoms with van der Waals surface area (Å²) in [4.78, 5) is 0.704. The first-order chi connectivity index (χ1) is 8.33. The van der Waals surface area contributed by atoms with Crippen LogP contribution >= 0.6 is 11.3 Å². The molecule has 84 valence electrons. The van der Waals surface area contributed by atoms with Gasteiger partial charge in [0.2, 0.25) is 10.1 Å². The lowest BCUT2D eigenvalue weighted by molar-refractivity contribution is 0.945. The van der Waals surface area contributed by atoms with Gasteiger partial charge in [-0.3, -0.25) is 0 Å². The van der Waals surface area contributed by atoms with E-state index in [2.05, 4.69) is 15.3 Å². The molecule has 3 rings (SSSR count). The second-order valence-electron chi connectivity index (χ2n) is 3.44. The van der Waals surface area contributed by atoms with Gasteiger partial charge in [-0.1, -0.05) is 47.7 Å². The van der Waals surface area contributed by atoms with Crippen LogP contribution in [0.3, 0.4) is 0 Å². The van der Waals surface area contributed by atoms with E-state index in [1.54, 1.807) is 4.52 Å². The maximum atomic E-state index is 5.61. The normalized spacial score (nSPS) is 11.5. The second-order valence-corrected chi connectivity index (χ2v) is 4.42. The third-order valence-corrected chi connectivity index (χ3v) is 2.98. The van der Waals surface area contributed by atoms with Crippen LogP contribution in [0.4, 0.5) is 5.13 Å². The average Bonchev–Trinajstić information content (AvgIpc) is 2.87. The minimum atomic E-state index is 0.490. The quantitative estimate of drug-likeness (QED) is 0.746. The minimum Gasteiger partial charge on any atom is -0.374 e. The first-order valence-electron chi connectivity index (χ1n) is 5.04. The molecule has 0 atom stereocenters.